The highest BCUT2D eigenvalue weighted by molar-refractivity contribution is 8.15. The third-order valence-electron chi connectivity index (χ3n) is 4.81. The minimum atomic E-state index is -0.492. The zero-order valence-electron chi connectivity index (χ0n) is 16.8. The fourth-order valence-corrected chi connectivity index (χ4v) is 4.22. The Labute approximate surface area is 175 Å². The molecule has 3 rings (SSSR count). The van der Waals surface area contributed by atoms with Gasteiger partial charge in [0.25, 0.3) is 0 Å². The van der Waals surface area contributed by atoms with Gasteiger partial charge in [-0.1, -0.05) is 31.0 Å². The highest BCUT2D eigenvalue weighted by atomic mass is 32.2. The number of hydrogen-bond donors (Lipinski definition) is 2. The van der Waals surface area contributed by atoms with E-state index in [-0.39, 0.29) is 18.2 Å². The summed E-state index contributed by atoms with van der Waals surface area (Å²) in [5.41, 5.74) is 1.77. The minimum Gasteiger partial charge on any atom is -0.494 e. The SMILES string of the molecule is CCOc1ccc(NC(=O)C[C@H]2S/C(=N/N=C3CCCCCCC3)NC2=O)cc1. The van der Waals surface area contributed by atoms with E-state index in [1.807, 2.05) is 6.92 Å². The lowest BCUT2D eigenvalue weighted by molar-refractivity contribution is -0.122. The Morgan fingerprint density at radius 3 is 2.52 bits per heavy atom. The highest BCUT2D eigenvalue weighted by Crippen LogP contribution is 2.24. The Morgan fingerprint density at radius 1 is 1.14 bits per heavy atom. The van der Waals surface area contributed by atoms with Gasteiger partial charge >= 0.3 is 0 Å². The first-order valence-corrected chi connectivity index (χ1v) is 11.2. The van der Waals surface area contributed by atoms with Gasteiger partial charge in [-0.05, 0) is 56.9 Å². The predicted molar refractivity (Wildman–Crippen MR) is 118 cm³/mol. The number of nitrogens with zero attached hydrogens (tertiary/aromatic N) is 2. The molecular formula is C21H28N4O3S. The average molecular weight is 417 g/mol. The van der Waals surface area contributed by atoms with E-state index in [0.717, 1.165) is 37.1 Å². The van der Waals surface area contributed by atoms with Gasteiger partial charge in [-0.3, -0.25) is 9.59 Å². The molecule has 1 saturated carbocycles. The van der Waals surface area contributed by atoms with Gasteiger partial charge in [-0.2, -0.15) is 5.10 Å². The second-order valence-corrected chi connectivity index (χ2v) is 8.34. The van der Waals surface area contributed by atoms with E-state index < -0.39 is 5.25 Å². The van der Waals surface area contributed by atoms with Crippen LogP contribution in [0.15, 0.2) is 34.5 Å². The fourth-order valence-electron chi connectivity index (χ4n) is 3.30. The molecular weight excluding hydrogens is 388 g/mol. The Hall–Kier alpha value is -2.35. The van der Waals surface area contributed by atoms with E-state index in [0.29, 0.717) is 17.5 Å². The summed E-state index contributed by atoms with van der Waals surface area (Å²) in [4.78, 5) is 24.5. The van der Waals surface area contributed by atoms with E-state index in [2.05, 4.69) is 20.8 Å². The van der Waals surface area contributed by atoms with Crippen LogP contribution in [0.5, 0.6) is 5.75 Å². The normalized spacial score (nSPS) is 21.3. The summed E-state index contributed by atoms with van der Waals surface area (Å²) in [5.74, 6) is 0.339. The molecule has 0 bridgehead atoms. The molecule has 1 aliphatic carbocycles. The summed E-state index contributed by atoms with van der Waals surface area (Å²) in [6, 6.07) is 7.16. The molecule has 0 spiro atoms. The number of carbonyl (C=O) groups excluding carboxylic acids is 2. The number of amidine groups is 1. The number of carbonyl (C=O) groups is 2. The summed E-state index contributed by atoms with van der Waals surface area (Å²) >= 11 is 1.27. The second-order valence-electron chi connectivity index (χ2n) is 7.14. The van der Waals surface area contributed by atoms with Crippen molar-refractivity contribution >= 4 is 40.1 Å². The molecule has 1 aromatic rings. The van der Waals surface area contributed by atoms with Crippen molar-refractivity contribution in [3.63, 3.8) is 0 Å². The monoisotopic (exact) mass is 416 g/mol. The highest BCUT2D eigenvalue weighted by Gasteiger charge is 2.32. The van der Waals surface area contributed by atoms with Crippen molar-refractivity contribution in [3.05, 3.63) is 24.3 Å². The Bertz CT molecular complexity index is 767. The summed E-state index contributed by atoms with van der Waals surface area (Å²) in [7, 11) is 0. The maximum atomic E-state index is 12.3. The number of thioether (sulfide) groups is 1. The molecule has 0 aromatic heterocycles. The molecule has 2 amide bonds. The van der Waals surface area contributed by atoms with Crippen LogP contribution in [-0.4, -0.2) is 34.6 Å². The van der Waals surface area contributed by atoms with Crippen LogP contribution >= 0.6 is 11.8 Å². The van der Waals surface area contributed by atoms with E-state index in [9.17, 15) is 9.59 Å². The van der Waals surface area contributed by atoms with E-state index >= 15 is 0 Å². The van der Waals surface area contributed by atoms with E-state index in [1.165, 1.54) is 31.0 Å². The van der Waals surface area contributed by atoms with Crippen LogP contribution in [-0.2, 0) is 9.59 Å². The smallest absolute Gasteiger partial charge is 0.240 e. The van der Waals surface area contributed by atoms with Crippen molar-refractivity contribution in [2.24, 2.45) is 10.2 Å². The number of hydrogen-bond acceptors (Lipinski definition) is 6. The first kappa shape index (κ1) is 21.4. The van der Waals surface area contributed by atoms with Crippen molar-refractivity contribution in [2.75, 3.05) is 11.9 Å². The van der Waals surface area contributed by atoms with Crippen LogP contribution in [0.4, 0.5) is 5.69 Å². The number of ether oxygens (including phenoxy) is 1. The Balaban J connectivity index is 1.51. The lowest BCUT2D eigenvalue weighted by Crippen LogP contribution is -2.28. The van der Waals surface area contributed by atoms with Gasteiger partial charge in [0.15, 0.2) is 5.17 Å². The second kappa shape index (κ2) is 11.0. The molecule has 1 aliphatic heterocycles. The average Bonchev–Trinajstić information content (AvgIpc) is 3.02. The van der Waals surface area contributed by atoms with E-state index in [4.69, 9.17) is 4.74 Å². The van der Waals surface area contributed by atoms with Gasteiger partial charge in [-0.25, -0.2) is 0 Å². The van der Waals surface area contributed by atoms with Crippen molar-refractivity contribution in [3.8, 4) is 5.75 Å². The minimum absolute atomic E-state index is 0.0826. The number of benzene rings is 1. The van der Waals surface area contributed by atoms with Gasteiger partial charge in [0.2, 0.25) is 11.8 Å². The summed E-state index contributed by atoms with van der Waals surface area (Å²) in [5, 5.41) is 14.1. The summed E-state index contributed by atoms with van der Waals surface area (Å²) in [6.45, 7) is 2.51. The number of anilines is 1. The Kier molecular flexibility index (Phi) is 8.10. The van der Waals surface area contributed by atoms with Crippen molar-refractivity contribution in [2.45, 2.75) is 63.5 Å². The maximum absolute atomic E-state index is 12.3. The van der Waals surface area contributed by atoms with Crippen LogP contribution in [0.1, 0.15) is 58.3 Å². The zero-order valence-corrected chi connectivity index (χ0v) is 17.6. The lowest BCUT2D eigenvalue weighted by Gasteiger charge is -2.09. The molecule has 1 heterocycles. The zero-order chi connectivity index (χ0) is 20.5. The molecule has 1 saturated heterocycles. The van der Waals surface area contributed by atoms with Gasteiger partial charge in [0, 0.05) is 17.8 Å². The van der Waals surface area contributed by atoms with Crippen molar-refractivity contribution < 1.29 is 14.3 Å². The molecule has 8 heteroatoms. The molecule has 156 valence electrons. The fraction of sp³-hybridized carbons (Fsp3) is 0.524. The molecule has 7 nitrogen and oxygen atoms in total. The van der Waals surface area contributed by atoms with Gasteiger partial charge in [0.1, 0.15) is 11.0 Å². The predicted octanol–water partition coefficient (Wildman–Crippen LogP) is 4.10. The van der Waals surface area contributed by atoms with E-state index in [1.54, 1.807) is 24.3 Å². The summed E-state index contributed by atoms with van der Waals surface area (Å²) in [6.07, 6.45) is 8.12. The lowest BCUT2D eigenvalue weighted by atomic mass is 9.99. The number of rotatable bonds is 6. The standard InChI is InChI=1S/C21H28N4O3S/c1-2-28-17-12-10-15(11-13-17)22-19(26)14-18-20(27)23-21(29-18)25-24-16-8-6-4-3-5-7-9-16/h10-13,18H,2-9,14H2,1H3,(H,22,26)(H,23,25,27)/t18-/m1/s1. The largest absolute Gasteiger partial charge is 0.494 e. The van der Waals surface area contributed by atoms with Crippen LogP contribution in [0.2, 0.25) is 0 Å². The molecule has 0 unspecified atom stereocenters. The molecule has 1 aromatic carbocycles. The maximum Gasteiger partial charge on any atom is 0.240 e. The molecule has 2 aliphatic rings. The van der Waals surface area contributed by atoms with Crippen molar-refractivity contribution in [1.29, 1.82) is 0 Å². The molecule has 1 atom stereocenters. The first-order valence-electron chi connectivity index (χ1n) is 10.3. The molecule has 0 radical (unpaired) electrons. The van der Waals surface area contributed by atoms with Gasteiger partial charge < -0.3 is 15.4 Å². The van der Waals surface area contributed by atoms with Gasteiger partial charge in [-0.15, -0.1) is 5.10 Å². The molecule has 2 fully saturated rings. The third-order valence-corrected chi connectivity index (χ3v) is 5.88. The molecule has 2 N–H and O–H groups in total. The Morgan fingerprint density at radius 2 is 1.83 bits per heavy atom. The van der Waals surface area contributed by atoms with Crippen LogP contribution < -0.4 is 15.4 Å². The van der Waals surface area contributed by atoms with Gasteiger partial charge in [0.05, 0.1) is 6.61 Å². The van der Waals surface area contributed by atoms with Crippen LogP contribution in [0.25, 0.3) is 0 Å². The first-order chi connectivity index (χ1) is 14.1. The van der Waals surface area contributed by atoms with Crippen molar-refractivity contribution in [1.82, 2.24) is 5.32 Å². The topological polar surface area (TPSA) is 92.2 Å². The number of amides is 2. The summed E-state index contributed by atoms with van der Waals surface area (Å²) < 4.78 is 5.39. The number of nitrogens with one attached hydrogen (secondary N) is 2. The van der Waals surface area contributed by atoms with Crippen LogP contribution in [0.3, 0.4) is 0 Å². The quantitative estimate of drug-likeness (QED) is 0.683. The molecule has 29 heavy (non-hydrogen) atoms. The third kappa shape index (κ3) is 6.88. The van der Waals surface area contributed by atoms with Crippen LogP contribution in [0, 0.1) is 0 Å².